The molecule has 102 valence electrons. The molecular formula is C15H26N2S. The molecule has 0 aliphatic carbocycles. The average molecular weight is 266 g/mol. The van der Waals surface area contributed by atoms with Gasteiger partial charge >= 0.3 is 0 Å². The molecule has 1 fully saturated rings. The largest absolute Gasteiger partial charge is 0.312 e. The van der Waals surface area contributed by atoms with Gasteiger partial charge in [0.25, 0.3) is 0 Å². The Kier molecular flexibility index (Phi) is 5.22. The van der Waals surface area contributed by atoms with Gasteiger partial charge in [0.15, 0.2) is 0 Å². The normalized spacial score (nSPS) is 21.0. The van der Waals surface area contributed by atoms with E-state index in [0.29, 0.717) is 0 Å². The highest BCUT2D eigenvalue weighted by atomic mass is 32.1. The Bertz CT molecular complexity index is 359. The summed E-state index contributed by atoms with van der Waals surface area (Å²) < 4.78 is 0. The van der Waals surface area contributed by atoms with Crippen LogP contribution in [0.2, 0.25) is 0 Å². The van der Waals surface area contributed by atoms with Crippen LogP contribution in [0, 0.1) is 11.8 Å². The first-order valence-electron chi connectivity index (χ1n) is 7.14. The standard InChI is InChI=1S/C15H26N2S/c1-12(2)8-16-9-14-4-5-15(18-14)11-17-7-6-13(3)10-17/h4-5,12-13,16H,6-11H2,1-3H3. The number of nitrogens with one attached hydrogen (secondary N) is 1. The van der Waals surface area contributed by atoms with Crippen LogP contribution < -0.4 is 5.32 Å². The smallest absolute Gasteiger partial charge is 0.0328 e. The predicted octanol–water partition coefficient (Wildman–Crippen LogP) is 3.34. The Hall–Kier alpha value is -0.380. The molecule has 1 aliphatic heterocycles. The fourth-order valence-electron chi connectivity index (χ4n) is 2.48. The summed E-state index contributed by atoms with van der Waals surface area (Å²) in [5.41, 5.74) is 0. The van der Waals surface area contributed by atoms with Crippen molar-refractivity contribution in [1.82, 2.24) is 10.2 Å². The van der Waals surface area contributed by atoms with Crippen LogP contribution in [0.15, 0.2) is 12.1 Å². The van der Waals surface area contributed by atoms with Crippen LogP contribution in [0.5, 0.6) is 0 Å². The lowest BCUT2D eigenvalue weighted by Gasteiger charge is -2.13. The van der Waals surface area contributed by atoms with Gasteiger partial charge in [-0.25, -0.2) is 0 Å². The molecule has 2 nitrogen and oxygen atoms in total. The third-order valence-electron chi connectivity index (χ3n) is 3.46. The summed E-state index contributed by atoms with van der Waals surface area (Å²) in [7, 11) is 0. The van der Waals surface area contributed by atoms with Gasteiger partial charge in [0.2, 0.25) is 0 Å². The maximum Gasteiger partial charge on any atom is 0.0328 e. The summed E-state index contributed by atoms with van der Waals surface area (Å²) in [6.07, 6.45) is 1.37. The number of rotatable bonds is 6. The minimum Gasteiger partial charge on any atom is -0.312 e. The Morgan fingerprint density at radius 1 is 1.39 bits per heavy atom. The van der Waals surface area contributed by atoms with Gasteiger partial charge in [-0.1, -0.05) is 20.8 Å². The second-order valence-electron chi connectivity index (χ2n) is 6.02. The van der Waals surface area contributed by atoms with Gasteiger partial charge in [0.05, 0.1) is 0 Å². The van der Waals surface area contributed by atoms with Crippen LogP contribution in [0.1, 0.15) is 36.9 Å². The first-order valence-corrected chi connectivity index (χ1v) is 7.96. The van der Waals surface area contributed by atoms with Crippen molar-refractivity contribution in [2.75, 3.05) is 19.6 Å². The molecule has 0 spiro atoms. The molecule has 0 radical (unpaired) electrons. The number of hydrogen-bond donors (Lipinski definition) is 1. The maximum atomic E-state index is 3.51. The average Bonchev–Trinajstić information content (AvgIpc) is 2.89. The fourth-order valence-corrected chi connectivity index (χ4v) is 3.51. The molecular weight excluding hydrogens is 240 g/mol. The highest BCUT2D eigenvalue weighted by molar-refractivity contribution is 7.11. The zero-order valence-electron chi connectivity index (χ0n) is 11.9. The highest BCUT2D eigenvalue weighted by Gasteiger charge is 2.18. The second kappa shape index (κ2) is 6.69. The van der Waals surface area contributed by atoms with Crippen molar-refractivity contribution in [2.45, 2.75) is 40.3 Å². The molecule has 0 aromatic carbocycles. The summed E-state index contributed by atoms with van der Waals surface area (Å²) in [6, 6.07) is 4.59. The van der Waals surface area contributed by atoms with Crippen LogP contribution in [0.4, 0.5) is 0 Å². The maximum absolute atomic E-state index is 3.51. The van der Waals surface area contributed by atoms with Gasteiger partial charge in [-0.3, -0.25) is 4.90 Å². The topological polar surface area (TPSA) is 15.3 Å². The summed E-state index contributed by atoms with van der Waals surface area (Å²) >= 11 is 1.97. The Morgan fingerprint density at radius 3 is 2.83 bits per heavy atom. The van der Waals surface area contributed by atoms with E-state index in [4.69, 9.17) is 0 Å². The molecule has 0 bridgehead atoms. The van der Waals surface area contributed by atoms with Gasteiger partial charge < -0.3 is 5.32 Å². The lowest BCUT2D eigenvalue weighted by Crippen LogP contribution is -2.19. The molecule has 1 unspecified atom stereocenters. The lowest BCUT2D eigenvalue weighted by atomic mass is 10.2. The zero-order valence-corrected chi connectivity index (χ0v) is 12.7. The molecule has 1 aromatic heterocycles. The van der Waals surface area contributed by atoms with Crippen molar-refractivity contribution in [1.29, 1.82) is 0 Å². The molecule has 1 N–H and O–H groups in total. The van der Waals surface area contributed by atoms with Crippen LogP contribution in [-0.2, 0) is 13.1 Å². The van der Waals surface area contributed by atoms with E-state index in [9.17, 15) is 0 Å². The quantitative estimate of drug-likeness (QED) is 0.849. The molecule has 0 saturated carbocycles. The van der Waals surface area contributed by atoms with E-state index < -0.39 is 0 Å². The summed E-state index contributed by atoms with van der Waals surface area (Å²) in [6.45, 7) is 12.7. The zero-order chi connectivity index (χ0) is 13.0. The molecule has 18 heavy (non-hydrogen) atoms. The molecule has 1 saturated heterocycles. The number of hydrogen-bond acceptors (Lipinski definition) is 3. The van der Waals surface area contributed by atoms with Crippen LogP contribution in [0.3, 0.4) is 0 Å². The Balaban J connectivity index is 1.75. The number of nitrogens with zero attached hydrogens (tertiary/aromatic N) is 1. The third kappa shape index (κ3) is 4.38. The van der Waals surface area contributed by atoms with E-state index in [0.717, 1.165) is 31.5 Å². The third-order valence-corrected chi connectivity index (χ3v) is 4.53. The fraction of sp³-hybridized carbons (Fsp3) is 0.733. The van der Waals surface area contributed by atoms with Crippen molar-refractivity contribution in [3.63, 3.8) is 0 Å². The van der Waals surface area contributed by atoms with Crippen LogP contribution in [-0.4, -0.2) is 24.5 Å². The van der Waals surface area contributed by atoms with Crippen LogP contribution in [0.25, 0.3) is 0 Å². The van der Waals surface area contributed by atoms with E-state index in [2.05, 4.69) is 43.1 Å². The number of thiophene rings is 1. The first-order chi connectivity index (χ1) is 8.63. The van der Waals surface area contributed by atoms with E-state index in [1.54, 1.807) is 0 Å². The second-order valence-corrected chi connectivity index (χ2v) is 7.27. The van der Waals surface area contributed by atoms with E-state index in [1.807, 2.05) is 11.3 Å². The van der Waals surface area contributed by atoms with Crippen molar-refractivity contribution in [3.05, 3.63) is 21.9 Å². The minimum absolute atomic E-state index is 0.732. The molecule has 2 heterocycles. The molecule has 3 heteroatoms. The van der Waals surface area contributed by atoms with Crippen molar-refractivity contribution in [2.24, 2.45) is 11.8 Å². The monoisotopic (exact) mass is 266 g/mol. The van der Waals surface area contributed by atoms with Gasteiger partial charge in [-0.05, 0) is 43.5 Å². The van der Waals surface area contributed by atoms with E-state index in [-0.39, 0.29) is 0 Å². The Labute approximate surface area is 115 Å². The molecule has 2 rings (SSSR count). The molecule has 1 atom stereocenters. The highest BCUT2D eigenvalue weighted by Crippen LogP contribution is 2.22. The predicted molar refractivity (Wildman–Crippen MR) is 79.9 cm³/mol. The number of likely N-dealkylation sites (tertiary alicyclic amines) is 1. The van der Waals surface area contributed by atoms with Crippen molar-refractivity contribution in [3.8, 4) is 0 Å². The minimum atomic E-state index is 0.732. The van der Waals surface area contributed by atoms with Gasteiger partial charge in [0.1, 0.15) is 0 Å². The van der Waals surface area contributed by atoms with Crippen molar-refractivity contribution < 1.29 is 0 Å². The van der Waals surface area contributed by atoms with Gasteiger partial charge in [-0.2, -0.15) is 0 Å². The first kappa shape index (κ1) is 14.0. The summed E-state index contributed by atoms with van der Waals surface area (Å²) in [5, 5.41) is 3.51. The molecule has 1 aromatic rings. The Morgan fingerprint density at radius 2 is 2.17 bits per heavy atom. The van der Waals surface area contributed by atoms with Crippen molar-refractivity contribution >= 4 is 11.3 Å². The summed E-state index contributed by atoms with van der Waals surface area (Å²) in [5.74, 6) is 1.62. The van der Waals surface area contributed by atoms with Crippen LogP contribution >= 0.6 is 11.3 Å². The molecule has 0 amide bonds. The summed E-state index contributed by atoms with van der Waals surface area (Å²) in [4.78, 5) is 5.57. The SMILES string of the molecule is CC(C)CNCc1ccc(CN2CCC(C)C2)s1. The molecule has 1 aliphatic rings. The van der Waals surface area contributed by atoms with E-state index >= 15 is 0 Å². The van der Waals surface area contributed by atoms with Gasteiger partial charge in [0, 0.05) is 29.4 Å². The van der Waals surface area contributed by atoms with Gasteiger partial charge in [-0.15, -0.1) is 11.3 Å². The van der Waals surface area contributed by atoms with E-state index in [1.165, 1.54) is 29.3 Å². The lowest BCUT2D eigenvalue weighted by molar-refractivity contribution is 0.323.